The molecule has 0 bridgehead atoms. The van der Waals surface area contributed by atoms with Crippen LogP contribution in [-0.2, 0) is 4.79 Å². The van der Waals surface area contributed by atoms with E-state index in [9.17, 15) is 14.7 Å². The van der Waals surface area contributed by atoms with E-state index in [4.69, 9.17) is 9.47 Å². The molecule has 2 heterocycles. The van der Waals surface area contributed by atoms with Crippen LogP contribution in [0.1, 0.15) is 43.7 Å². The fourth-order valence-electron chi connectivity index (χ4n) is 5.05. The zero-order valence-electron chi connectivity index (χ0n) is 19.5. The molecule has 2 aromatic carbocycles. The van der Waals surface area contributed by atoms with Gasteiger partial charge in [-0.3, -0.25) is 4.79 Å². The van der Waals surface area contributed by atoms with Gasteiger partial charge in [0.15, 0.2) is 0 Å². The van der Waals surface area contributed by atoms with Crippen molar-refractivity contribution in [1.82, 2.24) is 14.9 Å². The lowest BCUT2D eigenvalue weighted by Crippen LogP contribution is -2.43. The van der Waals surface area contributed by atoms with Crippen LogP contribution in [0.2, 0.25) is 0 Å². The first-order valence-electron chi connectivity index (χ1n) is 11.2. The van der Waals surface area contributed by atoms with Crippen molar-refractivity contribution in [2.75, 3.05) is 27.3 Å². The lowest BCUT2D eigenvalue weighted by molar-refractivity contribution is -0.134. The summed E-state index contributed by atoms with van der Waals surface area (Å²) in [4.78, 5) is 32.7. The lowest BCUT2D eigenvalue weighted by atomic mass is 9.85. The van der Waals surface area contributed by atoms with Crippen molar-refractivity contribution < 1.29 is 19.4 Å². The van der Waals surface area contributed by atoms with Gasteiger partial charge < -0.3 is 29.4 Å². The van der Waals surface area contributed by atoms with E-state index in [0.717, 1.165) is 25.1 Å². The number of aromatic nitrogens is 2. The van der Waals surface area contributed by atoms with Gasteiger partial charge in [-0.15, -0.1) is 0 Å². The summed E-state index contributed by atoms with van der Waals surface area (Å²) in [6, 6.07) is 8.74. The van der Waals surface area contributed by atoms with E-state index in [1.165, 1.54) is 20.3 Å². The number of H-pyrrole nitrogens is 2. The number of aromatic amines is 2. The summed E-state index contributed by atoms with van der Waals surface area (Å²) in [7, 11) is 3.04. The molecule has 1 aromatic heterocycles. The lowest BCUT2D eigenvalue weighted by Gasteiger charge is -2.36. The number of carbonyl (C=O) groups is 1. The van der Waals surface area contributed by atoms with Gasteiger partial charge in [-0.05, 0) is 36.0 Å². The van der Waals surface area contributed by atoms with E-state index in [0.29, 0.717) is 39.9 Å². The number of rotatable bonds is 6. The van der Waals surface area contributed by atoms with Gasteiger partial charge in [0, 0.05) is 43.1 Å². The standard InChI is InChI=1S/C25H31N3O5/c1-14-7-15(2)13-28(12-14)23(30)11-18(16-5-6-19-20(8-16)27-25(31)26-19)24-21(29)9-17(32-3)10-22(24)33-4/h5-6,8-10,14-15,18,29H,7,11-13H2,1-4H3,(H2,26,27,31). The van der Waals surface area contributed by atoms with Crippen LogP contribution in [-0.4, -0.2) is 53.2 Å². The summed E-state index contributed by atoms with van der Waals surface area (Å²) < 4.78 is 10.9. The SMILES string of the molecule is COc1cc(O)c(C(CC(=O)N2CC(C)CC(C)C2)c2ccc3[nH]c(=O)[nH]c3c2)c(OC)c1. The molecular formula is C25H31N3O5. The quantitative estimate of drug-likeness (QED) is 0.529. The number of methoxy groups -OCH3 is 2. The molecule has 8 heteroatoms. The Kier molecular flexibility index (Phi) is 6.35. The summed E-state index contributed by atoms with van der Waals surface area (Å²) in [5.41, 5.74) is 2.33. The van der Waals surface area contributed by atoms with E-state index in [2.05, 4.69) is 23.8 Å². The molecule has 0 spiro atoms. The number of nitrogens with zero attached hydrogens (tertiary/aromatic N) is 1. The summed E-state index contributed by atoms with van der Waals surface area (Å²) in [6.07, 6.45) is 1.27. The molecule has 1 saturated heterocycles. The number of phenols is 1. The first-order chi connectivity index (χ1) is 15.8. The van der Waals surface area contributed by atoms with Crippen molar-refractivity contribution in [2.45, 2.75) is 32.6 Å². The van der Waals surface area contributed by atoms with Gasteiger partial charge in [0.1, 0.15) is 17.2 Å². The first-order valence-corrected chi connectivity index (χ1v) is 11.2. The minimum atomic E-state index is -0.478. The number of ether oxygens (including phenoxy) is 2. The Morgan fingerprint density at radius 1 is 1.09 bits per heavy atom. The number of piperidine rings is 1. The predicted molar refractivity (Wildman–Crippen MR) is 126 cm³/mol. The van der Waals surface area contributed by atoms with E-state index in [1.54, 1.807) is 12.1 Å². The summed E-state index contributed by atoms with van der Waals surface area (Å²) in [5.74, 6) is 1.33. The number of nitrogens with one attached hydrogen (secondary N) is 2. The monoisotopic (exact) mass is 453 g/mol. The maximum Gasteiger partial charge on any atom is 0.323 e. The molecule has 3 aromatic rings. The molecule has 3 atom stereocenters. The molecule has 33 heavy (non-hydrogen) atoms. The Labute approximate surface area is 192 Å². The minimum absolute atomic E-state index is 0.00737. The van der Waals surface area contributed by atoms with Gasteiger partial charge >= 0.3 is 5.69 Å². The number of fused-ring (bicyclic) bond motifs is 1. The largest absolute Gasteiger partial charge is 0.507 e. The Hall–Kier alpha value is -3.42. The number of aromatic hydroxyl groups is 1. The summed E-state index contributed by atoms with van der Waals surface area (Å²) in [6.45, 7) is 5.79. The Bertz CT molecular complexity index is 1200. The summed E-state index contributed by atoms with van der Waals surface area (Å²) in [5, 5.41) is 10.9. The third-order valence-corrected chi connectivity index (χ3v) is 6.44. The molecule has 3 N–H and O–H groups in total. The van der Waals surface area contributed by atoms with Gasteiger partial charge in [0.05, 0.1) is 25.3 Å². The molecular weight excluding hydrogens is 422 g/mol. The van der Waals surface area contributed by atoms with Crippen molar-refractivity contribution in [3.05, 3.63) is 51.9 Å². The number of likely N-dealkylation sites (tertiary alicyclic amines) is 1. The van der Waals surface area contributed by atoms with E-state index in [1.807, 2.05) is 17.0 Å². The number of benzene rings is 2. The molecule has 1 amide bonds. The molecule has 176 valence electrons. The van der Waals surface area contributed by atoms with Crippen LogP contribution in [0.15, 0.2) is 35.1 Å². The molecule has 3 unspecified atom stereocenters. The number of imidazole rings is 1. The number of hydrogen-bond donors (Lipinski definition) is 3. The van der Waals surface area contributed by atoms with Crippen molar-refractivity contribution in [2.24, 2.45) is 11.8 Å². The fourth-order valence-corrected chi connectivity index (χ4v) is 5.05. The number of amides is 1. The maximum atomic E-state index is 13.5. The predicted octanol–water partition coefficient (Wildman–Crippen LogP) is 3.61. The third kappa shape index (κ3) is 4.69. The molecule has 0 aliphatic carbocycles. The van der Waals surface area contributed by atoms with Crippen LogP contribution in [0.25, 0.3) is 11.0 Å². The molecule has 8 nitrogen and oxygen atoms in total. The van der Waals surface area contributed by atoms with Crippen LogP contribution < -0.4 is 15.2 Å². The topological polar surface area (TPSA) is 108 Å². The van der Waals surface area contributed by atoms with Gasteiger partial charge in [0.25, 0.3) is 0 Å². The number of carbonyl (C=O) groups excluding carboxylic acids is 1. The second kappa shape index (κ2) is 9.21. The highest BCUT2D eigenvalue weighted by molar-refractivity contribution is 5.80. The van der Waals surface area contributed by atoms with Gasteiger partial charge in [-0.25, -0.2) is 4.79 Å². The van der Waals surface area contributed by atoms with Crippen molar-refractivity contribution >= 4 is 16.9 Å². The van der Waals surface area contributed by atoms with E-state index < -0.39 is 5.92 Å². The Morgan fingerprint density at radius 3 is 2.45 bits per heavy atom. The molecule has 0 saturated carbocycles. The molecule has 1 aliphatic rings. The van der Waals surface area contributed by atoms with Crippen molar-refractivity contribution in [3.8, 4) is 17.2 Å². The van der Waals surface area contributed by atoms with Gasteiger partial charge in [-0.1, -0.05) is 19.9 Å². The number of hydrogen-bond acceptors (Lipinski definition) is 5. The second-order valence-electron chi connectivity index (χ2n) is 9.15. The molecule has 1 aliphatic heterocycles. The maximum absolute atomic E-state index is 13.5. The van der Waals surface area contributed by atoms with Crippen LogP contribution in [0.5, 0.6) is 17.2 Å². The van der Waals surface area contributed by atoms with Crippen molar-refractivity contribution in [3.63, 3.8) is 0 Å². The second-order valence-corrected chi connectivity index (χ2v) is 9.15. The van der Waals surface area contributed by atoms with Crippen LogP contribution in [0.4, 0.5) is 0 Å². The first kappa shape index (κ1) is 22.8. The van der Waals surface area contributed by atoms with Crippen LogP contribution >= 0.6 is 0 Å². The van der Waals surface area contributed by atoms with Crippen molar-refractivity contribution in [1.29, 1.82) is 0 Å². The van der Waals surface area contributed by atoms with Gasteiger partial charge in [-0.2, -0.15) is 0 Å². The highest BCUT2D eigenvalue weighted by atomic mass is 16.5. The zero-order chi connectivity index (χ0) is 23.7. The minimum Gasteiger partial charge on any atom is -0.507 e. The number of phenolic OH excluding ortho intramolecular Hbond substituents is 1. The Balaban J connectivity index is 1.78. The average Bonchev–Trinajstić information content (AvgIpc) is 3.15. The normalized spacial score (nSPS) is 19.5. The highest BCUT2D eigenvalue weighted by Gasteiger charge is 2.31. The highest BCUT2D eigenvalue weighted by Crippen LogP contribution is 2.43. The Morgan fingerprint density at radius 2 is 1.79 bits per heavy atom. The molecule has 0 radical (unpaired) electrons. The fraction of sp³-hybridized carbons (Fsp3) is 0.440. The van der Waals surface area contributed by atoms with Gasteiger partial charge in [0.2, 0.25) is 5.91 Å². The van der Waals surface area contributed by atoms with E-state index in [-0.39, 0.29) is 23.8 Å². The van der Waals surface area contributed by atoms with Crippen LogP contribution in [0.3, 0.4) is 0 Å². The zero-order valence-corrected chi connectivity index (χ0v) is 19.5. The average molecular weight is 454 g/mol. The molecule has 4 rings (SSSR count). The third-order valence-electron chi connectivity index (χ3n) is 6.44. The van der Waals surface area contributed by atoms with E-state index >= 15 is 0 Å². The molecule has 1 fully saturated rings. The summed E-state index contributed by atoms with van der Waals surface area (Å²) >= 11 is 0. The smallest absolute Gasteiger partial charge is 0.323 e. The van der Waals surface area contributed by atoms with Crippen LogP contribution in [0, 0.1) is 11.8 Å².